The van der Waals surface area contributed by atoms with E-state index in [2.05, 4.69) is 39.4 Å². The minimum absolute atomic E-state index is 0.0685. The monoisotopic (exact) mass is 454 g/mol. The van der Waals surface area contributed by atoms with Gasteiger partial charge in [-0.05, 0) is 36.1 Å². The molecular weight excluding hydrogens is 424 g/mol. The fraction of sp³-hybridized carbons (Fsp3) is 0.440. The summed E-state index contributed by atoms with van der Waals surface area (Å²) in [5, 5.41) is 3.74. The van der Waals surface area contributed by atoms with Gasteiger partial charge in [-0.1, -0.05) is 48.0 Å². The molecule has 0 bridgehead atoms. The summed E-state index contributed by atoms with van der Waals surface area (Å²) in [5.41, 5.74) is 2.11. The van der Waals surface area contributed by atoms with Gasteiger partial charge in [0.15, 0.2) is 0 Å². The lowest BCUT2D eigenvalue weighted by atomic mass is 10.1. The van der Waals surface area contributed by atoms with Gasteiger partial charge in [-0.25, -0.2) is 0 Å². The zero-order valence-electron chi connectivity index (χ0n) is 18.4. The molecule has 2 saturated heterocycles. The standard InChI is InChI=1S/C25H31ClN4O2/c26-23-9-5-4-6-21(23)16-25(32)29-14-12-28(13-15-29)19-24(31)27-17-20-10-11-30(18-20)22-7-2-1-3-8-22/h1-9,20H,10-19H2,(H,27,31). The maximum absolute atomic E-state index is 12.6. The van der Waals surface area contributed by atoms with Crippen LogP contribution in [0.2, 0.25) is 5.02 Å². The smallest absolute Gasteiger partial charge is 0.234 e. The molecule has 0 radical (unpaired) electrons. The Labute approximate surface area is 195 Å². The molecule has 2 amide bonds. The van der Waals surface area contributed by atoms with E-state index >= 15 is 0 Å². The second-order valence-electron chi connectivity index (χ2n) is 8.67. The molecule has 0 aromatic heterocycles. The third-order valence-electron chi connectivity index (χ3n) is 6.39. The molecule has 6 nitrogen and oxygen atoms in total. The first-order valence-electron chi connectivity index (χ1n) is 11.4. The van der Waals surface area contributed by atoms with Crippen LogP contribution in [0.15, 0.2) is 54.6 Å². The SMILES string of the molecule is O=C(CN1CCN(C(=O)Cc2ccccc2Cl)CC1)NCC1CCN(c2ccccc2)C1. The summed E-state index contributed by atoms with van der Waals surface area (Å²) in [6, 6.07) is 17.9. The molecule has 1 unspecified atom stereocenters. The Balaban J connectivity index is 1.14. The lowest BCUT2D eigenvalue weighted by Gasteiger charge is -2.34. The van der Waals surface area contributed by atoms with Gasteiger partial charge in [0.05, 0.1) is 13.0 Å². The largest absolute Gasteiger partial charge is 0.371 e. The number of amides is 2. The predicted octanol–water partition coefficient (Wildman–Crippen LogP) is 2.67. The number of para-hydroxylation sites is 1. The summed E-state index contributed by atoms with van der Waals surface area (Å²) in [5.74, 6) is 0.642. The van der Waals surface area contributed by atoms with E-state index in [1.165, 1.54) is 5.69 Å². The highest BCUT2D eigenvalue weighted by Gasteiger charge is 2.25. The van der Waals surface area contributed by atoms with E-state index in [-0.39, 0.29) is 11.8 Å². The predicted molar refractivity (Wildman–Crippen MR) is 128 cm³/mol. The Morgan fingerprint density at radius 2 is 1.66 bits per heavy atom. The minimum atomic E-state index is 0.0685. The van der Waals surface area contributed by atoms with E-state index in [4.69, 9.17) is 11.6 Å². The molecule has 1 N–H and O–H groups in total. The van der Waals surface area contributed by atoms with Crippen molar-refractivity contribution in [2.75, 3.05) is 57.3 Å². The van der Waals surface area contributed by atoms with Crippen molar-refractivity contribution in [2.24, 2.45) is 5.92 Å². The Hall–Kier alpha value is -2.57. The first kappa shape index (κ1) is 22.6. The molecule has 2 fully saturated rings. The molecule has 2 aromatic carbocycles. The second kappa shape index (κ2) is 10.8. The summed E-state index contributed by atoms with van der Waals surface area (Å²) < 4.78 is 0. The van der Waals surface area contributed by atoms with Crippen LogP contribution < -0.4 is 10.2 Å². The van der Waals surface area contributed by atoms with Crippen molar-refractivity contribution in [1.82, 2.24) is 15.1 Å². The fourth-order valence-corrected chi connectivity index (χ4v) is 4.66. The lowest BCUT2D eigenvalue weighted by molar-refractivity contribution is -0.132. The molecule has 2 aromatic rings. The van der Waals surface area contributed by atoms with E-state index in [9.17, 15) is 9.59 Å². The first-order valence-corrected chi connectivity index (χ1v) is 11.8. The third kappa shape index (κ3) is 6.02. The number of piperazine rings is 1. The Morgan fingerprint density at radius 1 is 0.938 bits per heavy atom. The van der Waals surface area contributed by atoms with E-state index in [0.717, 1.165) is 31.6 Å². The van der Waals surface area contributed by atoms with Gasteiger partial charge in [0, 0.05) is 56.5 Å². The maximum atomic E-state index is 12.6. The Kier molecular flexibility index (Phi) is 7.66. The number of benzene rings is 2. The highest BCUT2D eigenvalue weighted by Crippen LogP contribution is 2.23. The molecule has 0 spiro atoms. The van der Waals surface area contributed by atoms with Crippen LogP contribution in [0, 0.1) is 5.92 Å². The quantitative estimate of drug-likeness (QED) is 0.698. The van der Waals surface area contributed by atoms with Crippen molar-refractivity contribution in [3.05, 3.63) is 65.2 Å². The molecule has 170 valence electrons. The number of nitrogens with zero attached hydrogens (tertiary/aromatic N) is 3. The molecule has 4 rings (SSSR count). The van der Waals surface area contributed by atoms with Gasteiger partial charge >= 0.3 is 0 Å². The maximum Gasteiger partial charge on any atom is 0.234 e. The molecule has 1 atom stereocenters. The number of carbonyl (C=O) groups excluding carboxylic acids is 2. The van der Waals surface area contributed by atoms with Gasteiger partial charge in [0.1, 0.15) is 0 Å². The molecule has 0 saturated carbocycles. The summed E-state index contributed by atoms with van der Waals surface area (Å²) in [6.07, 6.45) is 1.42. The van der Waals surface area contributed by atoms with Crippen LogP contribution in [0.5, 0.6) is 0 Å². The van der Waals surface area contributed by atoms with E-state index in [0.29, 0.717) is 50.1 Å². The normalized spacial score (nSPS) is 19.2. The molecule has 7 heteroatoms. The zero-order chi connectivity index (χ0) is 22.3. The van der Waals surface area contributed by atoms with E-state index in [1.807, 2.05) is 35.2 Å². The van der Waals surface area contributed by atoms with Crippen LogP contribution in [0.4, 0.5) is 5.69 Å². The van der Waals surface area contributed by atoms with Crippen LogP contribution in [-0.2, 0) is 16.0 Å². The minimum Gasteiger partial charge on any atom is -0.371 e. The number of carbonyl (C=O) groups is 2. The highest BCUT2D eigenvalue weighted by molar-refractivity contribution is 6.31. The summed E-state index contributed by atoms with van der Waals surface area (Å²) in [7, 11) is 0. The second-order valence-corrected chi connectivity index (χ2v) is 9.07. The third-order valence-corrected chi connectivity index (χ3v) is 6.76. The molecule has 2 aliphatic heterocycles. The van der Waals surface area contributed by atoms with Crippen molar-refractivity contribution in [2.45, 2.75) is 12.8 Å². The summed E-state index contributed by atoms with van der Waals surface area (Å²) in [4.78, 5) is 31.4. The van der Waals surface area contributed by atoms with Crippen LogP contribution in [0.25, 0.3) is 0 Å². The summed E-state index contributed by atoms with van der Waals surface area (Å²) in [6.45, 7) is 5.85. The van der Waals surface area contributed by atoms with Crippen LogP contribution in [0.1, 0.15) is 12.0 Å². The van der Waals surface area contributed by atoms with Gasteiger partial charge in [-0.15, -0.1) is 0 Å². The number of nitrogens with one attached hydrogen (secondary N) is 1. The van der Waals surface area contributed by atoms with E-state index in [1.54, 1.807) is 0 Å². The van der Waals surface area contributed by atoms with Crippen molar-refractivity contribution in [3.8, 4) is 0 Å². The average Bonchev–Trinajstić information content (AvgIpc) is 3.29. The molecule has 0 aliphatic carbocycles. The lowest BCUT2D eigenvalue weighted by Crippen LogP contribution is -2.51. The van der Waals surface area contributed by atoms with Crippen molar-refractivity contribution in [1.29, 1.82) is 0 Å². The van der Waals surface area contributed by atoms with Crippen molar-refractivity contribution in [3.63, 3.8) is 0 Å². The topological polar surface area (TPSA) is 55.9 Å². The average molecular weight is 455 g/mol. The number of hydrogen-bond donors (Lipinski definition) is 1. The molecule has 2 heterocycles. The van der Waals surface area contributed by atoms with Gasteiger partial charge in [-0.3, -0.25) is 14.5 Å². The molecular formula is C25H31ClN4O2. The molecule has 32 heavy (non-hydrogen) atoms. The van der Waals surface area contributed by atoms with Gasteiger partial charge in [-0.2, -0.15) is 0 Å². The highest BCUT2D eigenvalue weighted by atomic mass is 35.5. The number of hydrogen-bond acceptors (Lipinski definition) is 4. The fourth-order valence-electron chi connectivity index (χ4n) is 4.46. The van der Waals surface area contributed by atoms with Crippen molar-refractivity contribution >= 4 is 29.1 Å². The van der Waals surface area contributed by atoms with Gasteiger partial charge in [0.2, 0.25) is 11.8 Å². The van der Waals surface area contributed by atoms with Crippen LogP contribution in [0.3, 0.4) is 0 Å². The van der Waals surface area contributed by atoms with Gasteiger partial charge < -0.3 is 15.1 Å². The summed E-state index contributed by atoms with van der Waals surface area (Å²) >= 11 is 6.18. The van der Waals surface area contributed by atoms with E-state index < -0.39 is 0 Å². The zero-order valence-corrected chi connectivity index (χ0v) is 19.1. The first-order chi connectivity index (χ1) is 15.6. The number of anilines is 1. The molecule has 2 aliphatic rings. The van der Waals surface area contributed by atoms with Crippen molar-refractivity contribution < 1.29 is 9.59 Å². The number of halogens is 1. The van der Waals surface area contributed by atoms with Crippen LogP contribution >= 0.6 is 11.6 Å². The van der Waals surface area contributed by atoms with Gasteiger partial charge in [0.25, 0.3) is 0 Å². The number of rotatable bonds is 7. The Morgan fingerprint density at radius 3 is 2.41 bits per heavy atom. The Bertz CT molecular complexity index is 915. The van der Waals surface area contributed by atoms with Crippen LogP contribution in [-0.4, -0.2) is 74.0 Å².